The lowest BCUT2D eigenvalue weighted by Crippen LogP contribution is -2.34. The molecular formula is C14H20N2O3S. The van der Waals surface area contributed by atoms with Gasteiger partial charge in [0.2, 0.25) is 0 Å². The molecule has 5 nitrogen and oxygen atoms in total. The summed E-state index contributed by atoms with van der Waals surface area (Å²) in [6.07, 6.45) is 4.80. The van der Waals surface area contributed by atoms with Crippen LogP contribution in [0.2, 0.25) is 0 Å². The van der Waals surface area contributed by atoms with E-state index in [1.54, 1.807) is 13.8 Å². The highest BCUT2D eigenvalue weighted by Gasteiger charge is 2.30. The van der Waals surface area contributed by atoms with Crippen LogP contribution < -0.4 is 0 Å². The number of nitrogens with zero attached hydrogens (tertiary/aromatic N) is 2. The molecule has 0 saturated heterocycles. The molecule has 0 aliphatic heterocycles. The third-order valence-electron chi connectivity index (χ3n) is 3.64. The second-order valence-electron chi connectivity index (χ2n) is 5.42. The van der Waals surface area contributed by atoms with Crippen molar-refractivity contribution in [3.8, 4) is 0 Å². The Kier molecular flexibility index (Phi) is 4.65. The summed E-state index contributed by atoms with van der Waals surface area (Å²) in [5.41, 5.74) is -0.0611. The average molecular weight is 296 g/mol. The van der Waals surface area contributed by atoms with E-state index in [0.717, 1.165) is 25.7 Å². The predicted octanol–water partition coefficient (Wildman–Crippen LogP) is 2.58. The van der Waals surface area contributed by atoms with Gasteiger partial charge in [-0.25, -0.2) is 14.8 Å². The Morgan fingerprint density at radius 3 is 2.50 bits per heavy atom. The van der Waals surface area contributed by atoms with Crippen LogP contribution in [0.25, 0.3) is 0 Å². The van der Waals surface area contributed by atoms with Crippen molar-refractivity contribution in [3.63, 3.8) is 0 Å². The molecule has 2 rings (SSSR count). The van der Waals surface area contributed by atoms with Gasteiger partial charge >= 0.3 is 5.97 Å². The molecule has 1 heterocycles. The van der Waals surface area contributed by atoms with Crippen LogP contribution in [-0.4, -0.2) is 37.5 Å². The minimum Gasteiger partial charge on any atom is -0.478 e. The SMILES string of the molecule is Cc1nc(C)c(C(=O)O)c(SCC2(O)CCCCC2)n1. The molecule has 1 saturated carbocycles. The van der Waals surface area contributed by atoms with E-state index >= 15 is 0 Å². The van der Waals surface area contributed by atoms with E-state index in [9.17, 15) is 15.0 Å². The molecule has 20 heavy (non-hydrogen) atoms. The van der Waals surface area contributed by atoms with Gasteiger partial charge in [-0.3, -0.25) is 0 Å². The summed E-state index contributed by atoms with van der Waals surface area (Å²) < 4.78 is 0. The number of carboxylic acids is 1. The van der Waals surface area contributed by atoms with Crippen molar-refractivity contribution in [1.29, 1.82) is 0 Å². The number of thioether (sulfide) groups is 1. The van der Waals surface area contributed by atoms with Gasteiger partial charge in [-0.1, -0.05) is 19.3 Å². The zero-order valence-corrected chi connectivity index (χ0v) is 12.7. The quantitative estimate of drug-likeness (QED) is 0.656. The van der Waals surface area contributed by atoms with E-state index in [2.05, 4.69) is 9.97 Å². The maximum Gasteiger partial charge on any atom is 0.340 e. The fraction of sp³-hybridized carbons (Fsp3) is 0.643. The highest BCUT2D eigenvalue weighted by molar-refractivity contribution is 7.99. The lowest BCUT2D eigenvalue weighted by atomic mass is 9.86. The van der Waals surface area contributed by atoms with Gasteiger partial charge in [-0.2, -0.15) is 0 Å². The van der Waals surface area contributed by atoms with E-state index in [-0.39, 0.29) is 5.56 Å². The molecule has 1 aliphatic carbocycles. The fourth-order valence-electron chi connectivity index (χ4n) is 2.59. The number of hydrogen-bond acceptors (Lipinski definition) is 5. The molecule has 2 N–H and O–H groups in total. The maximum absolute atomic E-state index is 11.3. The molecule has 1 fully saturated rings. The van der Waals surface area contributed by atoms with Crippen LogP contribution in [0.1, 0.15) is 54.0 Å². The first kappa shape index (κ1) is 15.3. The maximum atomic E-state index is 11.3. The molecule has 0 radical (unpaired) electrons. The van der Waals surface area contributed by atoms with Gasteiger partial charge in [0.25, 0.3) is 0 Å². The monoisotopic (exact) mass is 296 g/mol. The van der Waals surface area contributed by atoms with Gasteiger partial charge in [0, 0.05) is 5.75 Å². The first-order valence-corrected chi connectivity index (χ1v) is 7.83. The second kappa shape index (κ2) is 6.10. The van der Waals surface area contributed by atoms with E-state index in [1.807, 2.05) is 0 Å². The van der Waals surface area contributed by atoms with Gasteiger partial charge in [-0.05, 0) is 26.7 Å². The summed E-state index contributed by atoms with van der Waals surface area (Å²) in [5.74, 6) is 0.0367. The van der Waals surface area contributed by atoms with E-state index in [1.165, 1.54) is 18.2 Å². The standard InChI is InChI=1S/C14H20N2O3S/c1-9-11(13(17)18)12(16-10(2)15-9)20-8-14(19)6-4-3-5-7-14/h19H,3-8H2,1-2H3,(H,17,18). The molecule has 0 bridgehead atoms. The highest BCUT2D eigenvalue weighted by Crippen LogP contribution is 2.34. The summed E-state index contributed by atoms with van der Waals surface area (Å²) in [6.45, 7) is 3.43. The number of rotatable bonds is 4. The number of aromatic nitrogens is 2. The minimum atomic E-state index is -1.01. The zero-order valence-electron chi connectivity index (χ0n) is 11.8. The third-order valence-corrected chi connectivity index (χ3v) is 4.89. The van der Waals surface area contributed by atoms with Crippen LogP contribution in [0.3, 0.4) is 0 Å². The van der Waals surface area contributed by atoms with Crippen molar-refractivity contribution in [3.05, 3.63) is 17.1 Å². The Labute approximate surface area is 122 Å². The molecule has 0 atom stereocenters. The second-order valence-corrected chi connectivity index (χ2v) is 6.38. The number of aromatic carboxylic acids is 1. The highest BCUT2D eigenvalue weighted by atomic mass is 32.2. The number of aryl methyl sites for hydroxylation is 2. The molecule has 0 aromatic carbocycles. The van der Waals surface area contributed by atoms with Crippen molar-refractivity contribution >= 4 is 17.7 Å². The first-order chi connectivity index (χ1) is 9.41. The Hall–Kier alpha value is -1.14. The summed E-state index contributed by atoms with van der Waals surface area (Å²) in [4.78, 5) is 19.7. The number of hydrogen-bond donors (Lipinski definition) is 2. The number of aliphatic hydroxyl groups is 1. The van der Waals surface area contributed by atoms with Gasteiger partial charge in [-0.15, -0.1) is 11.8 Å². The lowest BCUT2D eigenvalue weighted by Gasteiger charge is -2.31. The summed E-state index contributed by atoms with van der Waals surface area (Å²) in [7, 11) is 0. The molecule has 1 aromatic heterocycles. The van der Waals surface area contributed by atoms with Gasteiger partial charge in [0.15, 0.2) is 0 Å². The van der Waals surface area contributed by atoms with Gasteiger partial charge < -0.3 is 10.2 Å². The fourth-order valence-corrected chi connectivity index (χ4v) is 3.86. The summed E-state index contributed by atoms with van der Waals surface area (Å²) >= 11 is 1.33. The van der Waals surface area contributed by atoms with Crippen LogP contribution in [0.5, 0.6) is 0 Å². The van der Waals surface area contributed by atoms with Gasteiger partial charge in [0.05, 0.1) is 11.3 Å². The Bertz CT molecular complexity index is 513. The van der Waals surface area contributed by atoms with Crippen molar-refractivity contribution in [2.75, 3.05) is 5.75 Å². The molecule has 6 heteroatoms. The van der Waals surface area contributed by atoms with Gasteiger partial charge in [0.1, 0.15) is 16.4 Å². The van der Waals surface area contributed by atoms with Crippen molar-refractivity contribution in [2.24, 2.45) is 0 Å². The lowest BCUT2D eigenvalue weighted by molar-refractivity contribution is 0.0272. The third kappa shape index (κ3) is 3.49. The van der Waals surface area contributed by atoms with Crippen LogP contribution >= 0.6 is 11.8 Å². The summed E-state index contributed by atoms with van der Waals surface area (Å²) in [5, 5.41) is 20.2. The molecular weight excluding hydrogens is 276 g/mol. The topological polar surface area (TPSA) is 83.3 Å². The number of carbonyl (C=O) groups is 1. The normalized spacial score (nSPS) is 17.9. The molecule has 0 unspecified atom stereocenters. The minimum absolute atomic E-state index is 0.153. The van der Waals surface area contributed by atoms with Crippen molar-refractivity contribution in [2.45, 2.75) is 56.6 Å². The summed E-state index contributed by atoms with van der Waals surface area (Å²) in [6, 6.07) is 0. The Morgan fingerprint density at radius 2 is 1.90 bits per heavy atom. The Balaban J connectivity index is 2.18. The van der Waals surface area contributed by atoms with Crippen LogP contribution in [-0.2, 0) is 0 Å². The predicted molar refractivity (Wildman–Crippen MR) is 77.2 cm³/mol. The molecule has 1 aromatic rings. The Morgan fingerprint density at radius 1 is 1.25 bits per heavy atom. The first-order valence-electron chi connectivity index (χ1n) is 6.85. The van der Waals surface area contributed by atoms with Crippen molar-refractivity contribution in [1.82, 2.24) is 9.97 Å². The zero-order chi connectivity index (χ0) is 14.8. The molecule has 0 spiro atoms. The smallest absolute Gasteiger partial charge is 0.340 e. The molecule has 1 aliphatic rings. The van der Waals surface area contributed by atoms with E-state index < -0.39 is 11.6 Å². The van der Waals surface area contributed by atoms with Crippen LogP contribution in [0.15, 0.2) is 5.03 Å². The van der Waals surface area contributed by atoms with Crippen LogP contribution in [0.4, 0.5) is 0 Å². The average Bonchev–Trinajstić information content (AvgIpc) is 2.36. The largest absolute Gasteiger partial charge is 0.478 e. The van der Waals surface area contributed by atoms with E-state index in [0.29, 0.717) is 22.3 Å². The molecule has 0 amide bonds. The molecule has 110 valence electrons. The van der Waals surface area contributed by atoms with Crippen LogP contribution in [0, 0.1) is 13.8 Å². The van der Waals surface area contributed by atoms with E-state index in [4.69, 9.17) is 0 Å². The van der Waals surface area contributed by atoms with Crippen molar-refractivity contribution < 1.29 is 15.0 Å². The number of carboxylic acid groups (broad SMARTS) is 1.